The Balaban J connectivity index is 0. The molecule has 0 aromatic heterocycles. The summed E-state index contributed by atoms with van der Waals surface area (Å²) in [5, 5.41) is 3.27. The Kier molecular flexibility index (Phi) is 10.4. The molecule has 1 rings (SSSR count). The van der Waals surface area contributed by atoms with Crippen molar-refractivity contribution in [3.8, 4) is 0 Å². The lowest BCUT2D eigenvalue weighted by Gasteiger charge is -2.29. The molecule has 0 aliphatic carbocycles. The zero-order chi connectivity index (χ0) is 10.6. The van der Waals surface area contributed by atoms with Gasteiger partial charge in [0, 0.05) is 39.3 Å². The number of hydrogen-bond acceptors (Lipinski definition) is 3. The highest BCUT2D eigenvalue weighted by atomic mass is 35.5. The molecule has 0 spiro atoms. The van der Waals surface area contributed by atoms with Crippen LogP contribution >= 0.6 is 24.8 Å². The molecule has 1 fully saturated rings. The lowest BCUT2D eigenvalue weighted by Crippen LogP contribution is -2.48. The molecular formula is C10H23Cl2N3O. The van der Waals surface area contributed by atoms with Crippen LogP contribution in [0, 0.1) is 0 Å². The van der Waals surface area contributed by atoms with Crippen LogP contribution in [0.3, 0.4) is 0 Å². The number of hydrogen-bond donors (Lipinski definition) is 1. The molecule has 16 heavy (non-hydrogen) atoms. The van der Waals surface area contributed by atoms with Crippen LogP contribution in [0.15, 0.2) is 0 Å². The molecule has 1 saturated heterocycles. The van der Waals surface area contributed by atoms with Crippen molar-refractivity contribution in [2.45, 2.75) is 19.9 Å². The van der Waals surface area contributed by atoms with Gasteiger partial charge in [-0.05, 0) is 13.8 Å². The van der Waals surface area contributed by atoms with Crippen LogP contribution in [0.25, 0.3) is 0 Å². The fraction of sp³-hybridized carbons (Fsp3) is 0.900. The van der Waals surface area contributed by atoms with Crippen molar-refractivity contribution in [3.63, 3.8) is 0 Å². The van der Waals surface area contributed by atoms with Crippen LogP contribution in [-0.2, 0) is 4.79 Å². The Labute approximate surface area is 111 Å². The lowest BCUT2D eigenvalue weighted by molar-refractivity contribution is -0.132. The normalized spacial score (nSPS) is 16.2. The van der Waals surface area contributed by atoms with Gasteiger partial charge in [0.1, 0.15) is 0 Å². The van der Waals surface area contributed by atoms with Gasteiger partial charge in [0.25, 0.3) is 0 Å². The number of rotatable bonds is 3. The zero-order valence-electron chi connectivity index (χ0n) is 10.2. The fourth-order valence-electron chi connectivity index (χ4n) is 1.46. The Morgan fingerprint density at radius 2 is 1.81 bits per heavy atom. The first-order valence-corrected chi connectivity index (χ1v) is 5.30. The van der Waals surface area contributed by atoms with Crippen molar-refractivity contribution in [3.05, 3.63) is 0 Å². The maximum absolute atomic E-state index is 11.7. The van der Waals surface area contributed by atoms with E-state index in [9.17, 15) is 4.79 Å². The minimum atomic E-state index is 0. The first kappa shape index (κ1) is 18.3. The second kappa shape index (κ2) is 9.05. The molecule has 6 heteroatoms. The van der Waals surface area contributed by atoms with E-state index in [2.05, 4.69) is 10.2 Å². The fourth-order valence-corrected chi connectivity index (χ4v) is 1.46. The quantitative estimate of drug-likeness (QED) is 0.817. The average molecular weight is 272 g/mol. The van der Waals surface area contributed by atoms with E-state index in [-0.39, 0.29) is 30.7 Å². The first-order valence-electron chi connectivity index (χ1n) is 5.30. The molecular weight excluding hydrogens is 249 g/mol. The highest BCUT2D eigenvalue weighted by Gasteiger charge is 2.17. The predicted molar refractivity (Wildman–Crippen MR) is 71.7 cm³/mol. The standard InChI is InChI=1S/C10H21N3O.2ClH/c1-9(2)12(3)10(14)8-13-6-4-11-5-7-13;;/h9,11H,4-8H2,1-3H3;2*1H. The number of carbonyl (C=O) groups is 1. The van der Waals surface area contributed by atoms with Crippen molar-refractivity contribution in [2.24, 2.45) is 0 Å². The second-order valence-electron chi connectivity index (χ2n) is 4.12. The van der Waals surface area contributed by atoms with Gasteiger partial charge in [0.2, 0.25) is 5.91 Å². The molecule has 1 N–H and O–H groups in total. The molecule has 0 radical (unpaired) electrons. The van der Waals surface area contributed by atoms with Crippen molar-refractivity contribution >= 4 is 30.7 Å². The number of nitrogens with one attached hydrogen (secondary N) is 1. The summed E-state index contributed by atoms with van der Waals surface area (Å²) < 4.78 is 0. The van der Waals surface area contributed by atoms with E-state index < -0.39 is 0 Å². The lowest BCUT2D eigenvalue weighted by atomic mass is 10.3. The maximum Gasteiger partial charge on any atom is 0.236 e. The number of nitrogens with zero attached hydrogens (tertiary/aromatic N) is 2. The van der Waals surface area contributed by atoms with Crippen molar-refractivity contribution in [2.75, 3.05) is 39.8 Å². The second-order valence-corrected chi connectivity index (χ2v) is 4.12. The highest BCUT2D eigenvalue weighted by molar-refractivity contribution is 5.85. The van der Waals surface area contributed by atoms with E-state index in [4.69, 9.17) is 0 Å². The molecule has 1 amide bonds. The number of amides is 1. The van der Waals surface area contributed by atoms with Crippen molar-refractivity contribution < 1.29 is 4.79 Å². The summed E-state index contributed by atoms with van der Waals surface area (Å²) in [7, 11) is 1.87. The molecule has 0 atom stereocenters. The summed E-state index contributed by atoms with van der Waals surface area (Å²) in [6, 6.07) is 0.297. The zero-order valence-corrected chi connectivity index (χ0v) is 11.9. The molecule has 1 aliphatic heterocycles. The molecule has 0 unspecified atom stereocenters. The third kappa shape index (κ3) is 5.89. The molecule has 1 heterocycles. The van der Waals surface area contributed by atoms with Crippen molar-refractivity contribution in [1.82, 2.24) is 15.1 Å². The Morgan fingerprint density at radius 3 is 2.25 bits per heavy atom. The number of halogens is 2. The van der Waals surface area contributed by atoms with Crippen LogP contribution in [0.1, 0.15) is 13.8 Å². The third-order valence-corrected chi connectivity index (χ3v) is 2.74. The summed E-state index contributed by atoms with van der Waals surface area (Å²) >= 11 is 0. The van der Waals surface area contributed by atoms with Gasteiger partial charge < -0.3 is 10.2 Å². The summed E-state index contributed by atoms with van der Waals surface area (Å²) in [5.41, 5.74) is 0. The minimum Gasteiger partial charge on any atom is -0.342 e. The van der Waals surface area contributed by atoms with Gasteiger partial charge in [0.15, 0.2) is 0 Å². The van der Waals surface area contributed by atoms with Crippen LogP contribution < -0.4 is 5.32 Å². The monoisotopic (exact) mass is 271 g/mol. The largest absolute Gasteiger partial charge is 0.342 e. The van der Waals surface area contributed by atoms with E-state index in [1.54, 1.807) is 0 Å². The molecule has 0 bridgehead atoms. The van der Waals surface area contributed by atoms with Gasteiger partial charge in [0.05, 0.1) is 6.54 Å². The highest BCUT2D eigenvalue weighted by Crippen LogP contribution is 1.98. The maximum atomic E-state index is 11.7. The van der Waals surface area contributed by atoms with Crippen LogP contribution in [0.5, 0.6) is 0 Å². The van der Waals surface area contributed by atoms with Gasteiger partial charge in [-0.3, -0.25) is 9.69 Å². The predicted octanol–water partition coefficient (Wildman–Crippen LogP) is 0.602. The van der Waals surface area contributed by atoms with E-state index in [1.807, 2.05) is 25.8 Å². The van der Waals surface area contributed by atoms with E-state index in [0.29, 0.717) is 12.6 Å². The third-order valence-electron chi connectivity index (χ3n) is 2.74. The molecule has 0 aromatic rings. The number of piperazine rings is 1. The summed E-state index contributed by atoms with van der Waals surface area (Å²) in [6.07, 6.45) is 0. The van der Waals surface area contributed by atoms with Gasteiger partial charge in [-0.1, -0.05) is 0 Å². The first-order chi connectivity index (χ1) is 6.61. The SMILES string of the molecule is CC(C)N(C)C(=O)CN1CCNCC1.Cl.Cl. The van der Waals surface area contributed by atoms with Gasteiger partial charge >= 0.3 is 0 Å². The molecule has 98 valence electrons. The Bertz CT molecular complexity index is 197. The summed E-state index contributed by atoms with van der Waals surface area (Å²) in [5.74, 6) is 0.224. The molecule has 0 aromatic carbocycles. The molecule has 0 saturated carbocycles. The van der Waals surface area contributed by atoms with Gasteiger partial charge in [-0.15, -0.1) is 24.8 Å². The van der Waals surface area contributed by atoms with Crippen molar-refractivity contribution in [1.29, 1.82) is 0 Å². The van der Waals surface area contributed by atoms with E-state index in [1.165, 1.54) is 0 Å². The van der Waals surface area contributed by atoms with E-state index >= 15 is 0 Å². The Hall–Kier alpha value is -0.0300. The molecule has 1 aliphatic rings. The summed E-state index contributed by atoms with van der Waals surface area (Å²) in [6.45, 7) is 8.61. The van der Waals surface area contributed by atoms with Gasteiger partial charge in [-0.25, -0.2) is 0 Å². The van der Waals surface area contributed by atoms with Gasteiger partial charge in [-0.2, -0.15) is 0 Å². The smallest absolute Gasteiger partial charge is 0.236 e. The average Bonchev–Trinajstić information content (AvgIpc) is 2.18. The number of likely N-dealkylation sites (N-methyl/N-ethyl adjacent to an activating group) is 1. The Morgan fingerprint density at radius 1 is 1.31 bits per heavy atom. The van der Waals surface area contributed by atoms with Crippen LogP contribution in [-0.4, -0.2) is 61.5 Å². The van der Waals surface area contributed by atoms with E-state index in [0.717, 1.165) is 26.2 Å². The van der Waals surface area contributed by atoms with Crippen LogP contribution in [0.4, 0.5) is 0 Å². The minimum absolute atomic E-state index is 0. The topological polar surface area (TPSA) is 35.6 Å². The summed E-state index contributed by atoms with van der Waals surface area (Å²) in [4.78, 5) is 15.7. The van der Waals surface area contributed by atoms with Crippen LogP contribution in [0.2, 0.25) is 0 Å². The number of carbonyl (C=O) groups excluding carboxylic acids is 1. The molecule has 4 nitrogen and oxygen atoms in total.